The Labute approximate surface area is 220 Å². The maximum Gasteiger partial charge on any atom is 0.275 e. The highest BCUT2D eigenvalue weighted by Crippen LogP contribution is 2.32. The zero-order valence-electron chi connectivity index (χ0n) is 19.8. The Morgan fingerprint density at radius 1 is 1.06 bits per heavy atom. The Morgan fingerprint density at radius 2 is 1.81 bits per heavy atom. The minimum absolute atomic E-state index is 0.183. The minimum Gasteiger partial charge on any atom is -0.320 e. The van der Waals surface area contributed by atoms with Crippen LogP contribution in [0, 0.1) is 0 Å². The van der Waals surface area contributed by atoms with Gasteiger partial charge in [0, 0.05) is 46.5 Å². The number of para-hydroxylation sites is 1. The fourth-order valence-corrected chi connectivity index (χ4v) is 5.51. The number of aromatic nitrogens is 2. The molecule has 0 aliphatic carbocycles. The van der Waals surface area contributed by atoms with Crippen LogP contribution in [0.2, 0.25) is 5.02 Å². The fraction of sp³-hybridized carbons (Fsp3) is 0.207. The van der Waals surface area contributed by atoms with Gasteiger partial charge in [-0.25, -0.2) is 4.98 Å². The van der Waals surface area contributed by atoms with E-state index in [1.165, 1.54) is 5.56 Å². The number of amides is 1. The molecule has 4 aromatic rings. The lowest BCUT2D eigenvalue weighted by Crippen LogP contribution is -2.33. The summed E-state index contributed by atoms with van der Waals surface area (Å²) in [5.41, 5.74) is 4.35. The summed E-state index contributed by atoms with van der Waals surface area (Å²) in [6.07, 6.45) is 10.1. The topological polar surface area (TPSA) is 58.1 Å². The summed E-state index contributed by atoms with van der Waals surface area (Å²) in [4.78, 5) is 24.3. The Kier molecular flexibility index (Phi) is 7.86. The van der Waals surface area contributed by atoms with E-state index in [1.807, 2.05) is 78.4 Å². The lowest BCUT2D eigenvalue weighted by atomic mass is 9.97. The van der Waals surface area contributed by atoms with Crippen LogP contribution in [0.25, 0.3) is 17.2 Å². The van der Waals surface area contributed by atoms with Crippen molar-refractivity contribution in [3.05, 3.63) is 106 Å². The standard InChI is InChI=1S/C29H27ClN4OS/c30-24-9-7-22(8-10-24)25-5-1-2-6-26(25)32-28(35)27-20-36-29(33-27)23-13-18-34(19-14-23)17-3-4-21-11-15-31-16-12-21/h1-12,15-16,20,23H,13-14,17-19H2,(H,32,35)/b4-3-. The molecule has 0 atom stereocenters. The molecule has 1 saturated heterocycles. The number of nitrogens with one attached hydrogen (secondary N) is 1. The highest BCUT2D eigenvalue weighted by Gasteiger charge is 2.23. The van der Waals surface area contributed by atoms with Crippen LogP contribution in [-0.2, 0) is 0 Å². The van der Waals surface area contributed by atoms with Crippen molar-refractivity contribution in [1.82, 2.24) is 14.9 Å². The molecule has 1 fully saturated rings. The molecule has 2 aromatic carbocycles. The molecule has 3 heterocycles. The summed E-state index contributed by atoms with van der Waals surface area (Å²) in [5, 5.41) is 6.66. The molecule has 0 radical (unpaired) electrons. The third-order valence-corrected chi connectivity index (χ3v) is 7.66. The predicted octanol–water partition coefficient (Wildman–Crippen LogP) is 7.00. The van der Waals surface area contributed by atoms with Crippen LogP contribution in [-0.4, -0.2) is 40.4 Å². The van der Waals surface area contributed by atoms with E-state index in [1.54, 1.807) is 11.3 Å². The van der Waals surface area contributed by atoms with Crippen molar-refractivity contribution < 1.29 is 4.79 Å². The van der Waals surface area contributed by atoms with Gasteiger partial charge in [-0.3, -0.25) is 14.7 Å². The van der Waals surface area contributed by atoms with E-state index in [0.717, 1.165) is 54.3 Å². The second kappa shape index (κ2) is 11.6. The second-order valence-electron chi connectivity index (χ2n) is 8.84. The van der Waals surface area contributed by atoms with Crippen molar-refractivity contribution in [2.75, 3.05) is 25.0 Å². The smallest absolute Gasteiger partial charge is 0.275 e. The zero-order chi connectivity index (χ0) is 24.7. The van der Waals surface area contributed by atoms with Crippen molar-refractivity contribution >= 4 is 40.6 Å². The number of thiazole rings is 1. The SMILES string of the molecule is O=C(Nc1ccccc1-c1ccc(Cl)cc1)c1csc(C2CCN(C/C=C\c3ccncc3)CC2)n1. The monoisotopic (exact) mass is 514 g/mol. The molecule has 182 valence electrons. The predicted molar refractivity (Wildman–Crippen MR) is 149 cm³/mol. The van der Waals surface area contributed by atoms with Crippen molar-refractivity contribution in [2.24, 2.45) is 0 Å². The number of likely N-dealkylation sites (tertiary alicyclic amines) is 1. The van der Waals surface area contributed by atoms with E-state index in [-0.39, 0.29) is 5.91 Å². The first-order chi connectivity index (χ1) is 17.7. The molecule has 5 rings (SSSR count). The maximum absolute atomic E-state index is 13.0. The first kappa shape index (κ1) is 24.4. The lowest BCUT2D eigenvalue weighted by molar-refractivity contribution is 0.102. The van der Waals surface area contributed by atoms with Crippen molar-refractivity contribution in [3.63, 3.8) is 0 Å². The average Bonchev–Trinajstić information content (AvgIpc) is 3.41. The lowest BCUT2D eigenvalue weighted by Gasteiger charge is -2.30. The van der Waals surface area contributed by atoms with Gasteiger partial charge in [-0.05, 0) is 67.4 Å². The van der Waals surface area contributed by atoms with Crippen LogP contribution < -0.4 is 5.32 Å². The number of rotatable bonds is 7. The van der Waals surface area contributed by atoms with E-state index in [0.29, 0.717) is 16.6 Å². The van der Waals surface area contributed by atoms with Gasteiger partial charge in [-0.1, -0.05) is 54.1 Å². The van der Waals surface area contributed by atoms with Crippen LogP contribution >= 0.6 is 22.9 Å². The summed E-state index contributed by atoms with van der Waals surface area (Å²) < 4.78 is 0. The van der Waals surface area contributed by atoms with Gasteiger partial charge in [0.05, 0.1) is 5.01 Å². The van der Waals surface area contributed by atoms with Gasteiger partial charge >= 0.3 is 0 Å². The molecule has 0 spiro atoms. The van der Waals surface area contributed by atoms with Crippen molar-refractivity contribution in [3.8, 4) is 11.1 Å². The molecule has 0 bridgehead atoms. The number of benzene rings is 2. The molecule has 1 aliphatic rings. The number of carbonyl (C=O) groups is 1. The largest absolute Gasteiger partial charge is 0.320 e. The van der Waals surface area contributed by atoms with Gasteiger partial charge in [0.1, 0.15) is 5.69 Å². The zero-order valence-corrected chi connectivity index (χ0v) is 21.4. The third kappa shape index (κ3) is 6.08. The Hall–Kier alpha value is -3.32. The van der Waals surface area contributed by atoms with E-state index < -0.39 is 0 Å². The highest BCUT2D eigenvalue weighted by molar-refractivity contribution is 7.10. The second-order valence-corrected chi connectivity index (χ2v) is 10.2. The summed E-state index contributed by atoms with van der Waals surface area (Å²) >= 11 is 7.63. The van der Waals surface area contributed by atoms with Crippen LogP contribution in [0.1, 0.15) is 39.8 Å². The normalized spacial score (nSPS) is 14.8. The Balaban J connectivity index is 1.17. The molecule has 0 saturated carbocycles. The first-order valence-corrected chi connectivity index (χ1v) is 13.3. The summed E-state index contributed by atoms with van der Waals surface area (Å²) in [5.74, 6) is 0.218. The molecule has 2 aromatic heterocycles. The minimum atomic E-state index is -0.183. The number of halogens is 1. The summed E-state index contributed by atoms with van der Waals surface area (Å²) in [7, 11) is 0. The van der Waals surface area contributed by atoms with Crippen LogP contribution in [0.4, 0.5) is 5.69 Å². The van der Waals surface area contributed by atoms with E-state index in [4.69, 9.17) is 16.6 Å². The van der Waals surface area contributed by atoms with Gasteiger partial charge in [0.25, 0.3) is 5.91 Å². The van der Waals surface area contributed by atoms with E-state index >= 15 is 0 Å². The average molecular weight is 515 g/mol. The van der Waals surface area contributed by atoms with Gasteiger partial charge in [0.2, 0.25) is 0 Å². The van der Waals surface area contributed by atoms with Gasteiger partial charge < -0.3 is 5.32 Å². The number of pyridine rings is 1. The van der Waals surface area contributed by atoms with Crippen molar-refractivity contribution in [2.45, 2.75) is 18.8 Å². The summed E-state index contributed by atoms with van der Waals surface area (Å²) in [6.45, 7) is 3.00. The number of hydrogen-bond acceptors (Lipinski definition) is 5. The molecule has 1 aliphatic heterocycles. The van der Waals surface area contributed by atoms with E-state index in [9.17, 15) is 4.79 Å². The van der Waals surface area contributed by atoms with Crippen LogP contribution in [0.3, 0.4) is 0 Å². The fourth-order valence-electron chi connectivity index (χ4n) is 4.41. The first-order valence-electron chi connectivity index (χ1n) is 12.1. The number of carbonyl (C=O) groups excluding carboxylic acids is 1. The van der Waals surface area contributed by atoms with Gasteiger partial charge in [0.15, 0.2) is 0 Å². The number of hydrogen-bond donors (Lipinski definition) is 1. The van der Waals surface area contributed by atoms with E-state index in [2.05, 4.69) is 27.4 Å². The molecular formula is C29H27ClN4OS. The van der Waals surface area contributed by atoms with Crippen LogP contribution in [0.15, 0.2) is 84.5 Å². The Morgan fingerprint density at radius 3 is 2.58 bits per heavy atom. The summed E-state index contributed by atoms with van der Waals surface area (Å²) in [6, 6.07) is 19.4. The van der Waals surface area contributed by atoms with Gasteiger partial charge in [-0.2, -0.15) is 0 Å². The molecule has 7 heteroatoms. The number of nitrogens with zero attached hydrogens (tertiary/aromatic N) is 3. The maximum atomic E-state index is 13.0. The quantitative estimate of drug-likeness (QED) is 0.288. The molecule has 0 unspecified atom stereocenters. The molecule has 36 heavy (non-hydrogen) atoms. The third-order valence-electron chi connectivity index (χ3n) is 6.40. The van der Waals surface area contributed by atoms with Gasteiger partial charge in [-0.15, -0.1) is 11.3 Å². The molecule has 1 N–H and O–H groups in total. The number of piperidine rings is 1. The van der Waals surface area contributed by atoms with Crippen LogP contribution in [0.5, 0.6) is 0 Å². The molecule has 5 nitrogen and oxygen atoms in total. The highest BCUT2D eigenvalue weighted by atomic mass is 35.5. The number of anilines is 1. The van der Waals surface area contributed by atoms with Crippen molar-refractivity contribution in [1.29, 1.82) is 0 Å². The molecular weight excluding hydrogens is 488 g/mol. The Bertz CT molecular complexity index is 1330. The molecule has 1 amide bonds.